The van der Waals surface area contributed by atoms with E-state index in [1.807, 2.05) is 25.1 Å². The molecule has 0 aliphatic carbocycles. The van der Waals surface area contributed by atoms with E-state index in [-0.39, 0.29) is 24.2 Å². The Morgan fingerprint density at radius 1 is 1.29 bits per heavy atom. The minimum absolute atomic E-state index is 0.00518. The second-order valence-corrected chi connectivity index (χ2v) is 6.68. The highest BCUT2D eigenvalue weighted by atomic mass is 16.5. The van der Waals surface area contributed by atoms with Crippen molar-refractivity contribution < 1.29 is 14.3 Å². The number of amides is 2. The molecule has 3 rings (SSSR count). The Hall–Kier alpha value is -3.19. The van der Waals surface area contributed by atoms with Gasteiger partial charge in [0.25, 0.3) is 11.8 Å². The number of rotatable bonds is 7. The molecule has 1 unspecified atom stereocenters. The Kier molecular flexibility index (Phi) is 5.75. The molecule has 7 heteroatoms. The second-order valence-electron chi connectivity index (χ2n) is 6.68. The van der Waals surface area contributed by atoms with Gasteiger partial charge in [-0.05, 0) is 30.5 Å². The standard InChI is InChI=1S/C21H24N4O3/c1-3-28-21(25-12-16-6-4-5-13(2)17(16)20(25)27)19(26)24-11-14-7-9-15(10-8-14)18(22)23/h4-10,21H,3,11-12H2,1-2H3,(H3,22,23)(H,24,26). The number of aryl methyl sites for hydroxylation is 1. The summed E-state index contributed by atoms with van der Waals surface area (Å²) in [4.78, 5) is 27.1. The van der Waals surface area contributed by atoms with E-state index >= 15 is 0 Å². The van der Waals surface area contributed by atoms with Crippen LogP contribution in [0, 0.1) is 12.3 Å². The Morgan fingerprint density at radius 3 is 2.61 bits per heavy atom. The van der Waals surface area contributed by atoms with Crippen molar-refractivity contribution in [2.75, 3.05) is 6.61 Å². The van der Waals surface area contributed by atoms with E-state index in [9.17, 15) is 9.59 Å². The van der Waals surface area contributed by atoms with Crippen LogP contribution in [0.15, 0.2) is 42.5 Å². The minimum Gasteiger partial charge on any atom is -0.384 e. The van der Waals surface area contributed by atoms with Crippen molar-refractivity contribution in [3.8, 4) is 0 Å². The molecule has 1 heterocycles. The van der Waals surface area contributed by atoms with E-state index in [2.05, 4.69) is 5.32 Å². The summed E-state index contributed by atoms with van der Waals surface area (Å²) in [6.45, 7) is 4.63. The third-order valence-electron chi connectivity index (χ3n) is 4.74. The monoisotopic (exact) mass is 380 g/mol. The topological polar surface area (TPSA) is 109 Å². The molecule has 1 aliphatic heterocycles. The third kappa shape index (κ3) is 3.89. The SMILES string of the molecule is CCOC(C(=O)NCc1ccc(C(=N)N)cc1)N1Cc2cccc(C)c2C1=O. The lowest BCUT2D eigenvalue weighted by molar-refractivity contribution is -0.143. The van der Waals surface area contributed by atoms with Crippen LogP contribution >= 0.6 is 0 Å². The van der Waals surface area contributed by atoms with Gasteiger partial charge in [0.2, 0.25) is 6.23 Å². The number of hydrogen-bond donors (Lipinski definition) is 3. The molecule has 0 radical (unpaired) electrons. The number of nitrogens with zero attached hydrogens (tertiary/aromatic N) is 1. The van der Waals surface area contributed by atoms with Crippen LogP contribution in [0.1, 0.15) is 39.5 Å². The molecule has 0 saturated heterocycles. The van der Waals surface area contributed by atoms with Crippen molar-refractivity contribution in [3.05, 3.63) is 70.3 Å². The van der Waals surface area contributed by atoms with Crippen LogP contribution < -0.4 is 11.1 Å². The summed E-state index contributed by atoms with van der Waals surface area (Å²) < 4.78 is 5.62. The van der Waals surface area contributed by atoms with Crippen LogP contribution in [0.25, 0.3) is 0 Å². The van der Waals surface area contributed by atoms with Gasteiger partial charge in [-0.1, -0.05) is 42.5 Å². The van der Waals surface area contributed by atoms with Gasteiger partial charge in [0.1, 0.15) is 5.84 Å². The number of nitrogen functional groups attached to an aromatic ring is 1. The van der Waals surface area contributed by atoms with Gasteiger partial charge in [-0.15, -0.1) is 0 Å². The summed E-state index contributed by atoms with van der Waals surface area (Å²) in [6.07, 6.45) is -0.985. The molecule has 0 aromatic heterocycles. The second kappa shape index (κ2) is 8.22. The van der Waals surface area contributed by atoms with E-state index in [1.165, 1.54) is 4.90 Å². The van der Waals surface area contributed by atoms with Gasteiger partial charge in [-0.3, -0.25) is 15.0 Å². The van der Waals surface area contributed by atoms with Crippen LogP contribution in [0.5, 0.6) is 0 Å². The number of carbonyl (C=O) groups excluding carboxylic acids is 2. The van der Waals surface area contributed by atoms with Crippen molar-refractivity contribution in [1.82, 2.24) is 10.2 Å². The molecule has 2 amide bonds. The molecule has 1 atom stereocenters. The van der Waals surface area contributed by atoms with Crippen LogP contribution in [-0.2, 0) is 22.6 Å². The van der Waals surface area contributed by atoms with Crippen molar-refractivity contribution >= 4 is 17.6 Å². The molecule has 0 bridgehead atoms. The maximum atomic E-state index is 12.8. The fourth-order valence-electron chi connectivity index (χ4n) is 3.30. The molecule has 2 aromatic rings. The third-order valence-corrected chi connectivity index (χ3v) is 4.74. The normalized spacial score (nSPS) is 13.9. The zero-order valence-corrected chi connectivity index (χ0v) is 16.0. The van der Waals surface area contributed by atoms with Gasteiger partial charge >= 0.3 is 0 Å². The number of ether oxygens (including phenoxy) is 1. The molecule has 4 N–H and O–H groups in total. The van der Waals surface area contributed by atoms with Gasteiger partial charge in [-0.2, -0.15) is 0 Å². The summed E-state index contributed by atoms with van der Waals surface area (Å²) in [7, 11) is 0. The van der Waals surface area contributed by atoms with Crippen molar-refractivity contribution in [3.63, 3.8) is 0 Å². The van der Waals surface area contributed by atoms with Gasteiger partial charge in [0.15, 0.2) is 0 Å². The van der Waals surface area contributed by atoms with Gasteiger partial charge < -0.3 is 20.7 Å². The zero-order chi connectivity index (χ0) is 20.3. The molecule has 1 aliphatic rings. The maximum Gasteiger partial charge on any atom is 0.270 e. The average Bonchev–Trinajstić information content (AvgIpc) is 3.02. The summed E-state index contributed by atoms with van der Waals surface area (Å²) in [6, 6.07) is 12.8. The predicted octanol–water partition coefficient (Wildman–Crippen LogP) is 1.91. The Morgan fingerprint density at radius 2 is 2.00 bits per heavy atom. The first-order valence-corrected chi connectivity index (χ1v) is 9.14. The minimum atomic E-state index is -0.985. The predicted molar refractivity (Wildman–Crippen MR) is 106 cm³/mol. The number of carbonyl (C=O) groups is 2. The molecule has 28 heavy (non-hydrogen) atoms. The highest BCUT2D eigenvalue weighted by Crippen LogP contribution is 2.27. The summed E-state index contributed by atoms with van der Waals surface area (Å²) in [5, 5.41) is 10.2. The van der Waals surface area contributed by atoms with E-state index in [1.54, 1.807) is 31.2 Å². The lowest BCUT2D eigenvalue weighted by atomic mass is 10.0. The van der Waals surface area contributed by atoms with Crippen LogP contribution in [-0.4, -0.2) is 35.4 Å². The van der Waals surface area contributed by atoms with E-state index in [0.717, 1.165) is 16.7 Å². The number of nitrogens with one attached hydrogen (secondary N) is 2. The lowest BCUT2D eigenvalue weighted by Gasteiger charge is -2.26. The number of hydrogen-bond acceptors (Lipinski definition) is 4. The number of benzene rings is 2. The van der Waals surface area contributed by atoms with E-state index < -0.39 is 6.23 Å². The number of fused-ring (bicyclic) bond motifs is 1. The number of nitrogens with two attached hydrogens (primary N) is 1. The fraction of sp³-hybridized carbons (Fsp3) is 0.286. The zero-order valence-electron chi connectivity index (χ0n) is 16.0. The first kappa shape index (κ1) is 19.6. The average molecular weight is 380 g/mol. The maximum absolute atomic E-state index is 12.8. The van der Waals surface area contributed by atoms with E-state index in [4.69, 9.17) is 15.9 Å². The van der Waals surface area contributed by atoms with Crippen molar-refractivity contribution in [1.29, 1.82) is 5.41 Å². The summed E-state index contributed by atoms with van der Waals surface area (Å²) in [5.74, 6) is -0.557. The van der Waals surface area contributed by atoms with Gasteiger partial charge in [0, 0.05) is 30.8 Å². The first-order chi connectivity index (χ1) is 13.4. The van der Waals surface area contributed by atoms with Gasteiger partial charge in [-0.25, -0.2) is 0 Å². The molecule has 0 fully saturated rings. The highest BCUT2D eigenvalue weighted by molar-refractivity contribution is 6.02. The van der Waals surface area contributed by atoms with Crippen LogP contribution in [0.2, 0.25) is 0 Å². The Bertz CT molecular complexity index is 908. The smallest absolute Gasteiger partial charge is 0.270 e. The van der Waals surface area contributed by atoms with Crippen molar-refractivity contribution in [2.45, 2.75) is 33.2 Å². The Labute approximate surface area is 164 Å². The largest absolute Gasteiger partial charge is 0.384 e. The fourth-order valence-corrected chi connectivity index (χ4v) is 3.30. The lowest BCUT2D eigenvalue weighted by Crippen LogP contribution is -2.48. The summed E-state index contributed by atoms with van der Waals surface area (Å²) >= 11 is 0. The van der Waals surface area contributed by atoms with Gasteiger partial charge in [0.05, 0.1) is 0 Å². The Balaban J connectivity index is 1.70. The quantitative estimate of drug-likeness (QED) is 0.504. The first-order valence-electron chi connectivity index (χ1n) is 9.14. The van der Waals surface area contributed by atoms with E-state index in [0.29, 0.717) is 24.3 Å². The molecular formula is C21H24N4O3. The van der Waals surface area contributed by atoms with Crippen LogP contribution in [0.4, 0.5) is 0 Å². The van der Waals surface area contributed by atoms with Crippen molar-refractivity contribution in [2.24, 2.45) is 5.73 Å². The van der Waals surface area contributed by atoms with Crippen LogP contribution in [0.3, 0.4) is 0 Å². The molecule has 0 saturated carbocycles. The molecule has 0 spiro atoms. The summed E-state index contributed by atoms with van der Waals surface area (Å²) in [5.41, 5.74) is 9.39. The number of amidine groups is 1. The molecule has 2 aromatic carbocycles. The molecule has 7 nitrogen and oxygen atoms in total. The molecule has 146 valence electrons. The molecular weight excluding hydrogens is 356 g/mol. The highest BCUT2D eigenvalue weighted by Gasteiger charge is 2.37.